The monoisotopic (exact) mass is 261 g/mol. The standard InChI is InChI=1S/C16H23NO2/c1-3-13(8-9-18)10-17-11-15-12(2)19-16-7-5-4-6-14(15)16/h4-7,13,17-18H,3,8-11H2,1-2H3. The number of hydrogen-bond acceptors (Lipinski definition) is 3. The lowest BCUT2D eigenvalue weighted by molar-refractivity contribution is 0.251. The minimum absolute atomic E-state index is 0.272. The van der Waals surface area contributed by atoms with E-state index in [2.05, 4.69) is 18.3 Å². The van der Waals surface area contributed by atoms with Crippen LogP contribution in [0.3, 0.4) is 0 Å². The Morgan fingerprint density at radius 3 is 2.84 bits per heavy atom. The number of benzene rings is 1. The quantitative estimate of drug-likeness (QED) is 0.804. The highest BCUT2D eigenvalue weighted by molar-refractivity contribution is 5.82. The maximum Gasteiger partial charge on any atom is 0.134 e. The van der Waals surface area contributed by atoms with Crippen molar-refractivity contribution >= 4 is 11.0 Å². The van der Waals surface area contributed by atoms with E-state index in [1.165, 1.54) is 10.9 Å². The van der Waals surface area contributed by atoms with Gasteiger partial charge in [0.15, 0.2) is 0 Å². The van der Waals surface area contributed by atoms with Crippen molar-refractivity contribution in [2.45, 2.75) is 33.2 Å². The van der Waals surface area contributed by atoms with Crippen molar-refractivity contribution in [3.63, 3.8) is 0 Å². The van der Waals surface area contributed by atoms with Gasteiger partial charge in [0.1, 0.15) is 11.3 Å². The maximum atomic E-state index is 8.99. The normalized spacial score (nSPS) is 13.0. The second-order valence-corrected chi connectivity index (χ2v) is 5.05. The fourth-order valence-corrected chi connectivity index (χ4v) is 2.48. The zero-order valence-corrected chi connectivity index (χ0v) is 11.8. The van der Waals surface area contributed by atoms with Gasteiger partial charge in [-0.15, -0.1) is 0 Å². The Balaban J connectivity index is 1.99. The third kappa shape index (κ3) is 3.37. The lowest BCUT2D eigenvalue weighted by Gasteiger charge is -2.14. The van der Waals surface area contributed by atoms with Crippen molar-refractivity contribution in [2.24, 2.45) is 5.92 Å². The average Bonchev–Trinajstić information content (AvgIpc) is 2.74. The Kier molecular flexibility index (Phi) is 5.00. The molecule has 2 N–H and O–H groups in total. The first-order valence-corrected chi connectivity index (χ1v) is 7.04. The molecule has 2 rings (SSSR count). The predicted octanol–water partition coefficient (Wildman–Crippen LogP) is 3.24. The van der Waals surface area contributed by atoms with Crippen LogP contribution in [0.25, 0.3) is 11.0 Å². The summed E-state index contributed by atoms with van der Waals surface area (Å²) in [4.78, 5) is 0. The number of para-hydroxylation sites is 1. The topological polar surface area (TPSA) is 45.4 Å². The minimum Gasteiger partial charge on any atom is -0.461 e. The molecule has 3 heteroatoms. The number of hydrogen-bond donors (Lipinski definition) is 2. The van der Waals surface area contributed by atoms with Gasteiger partial charge in [0.25, 0.3) is 0 Å². The molecule has 1 heterocycles. The molecule has 0 amide bonds. The zero-order chi connectivity index (χ0) is 13.7. The van der Waals surface area contributed by atoms with Gasteiger partial charge in [-0.3, -0.25) is 0 Å². The molecule has 0 aliphatic rings. The average molecular weight is 261 g/mol. The second kappa shape index (κ2) is 6.73. The van der Waals surface area contributed by atoms with E-state index in [4.69, 9.17) is 9.52 Å². The molecule has 0 saturated carbocycles. The molecule has 0 radical (unpaired) electrons. The molecular weight excluding hydrogens is 238 g/mol. The van der Waals surface area contributed by atoms with E-state index in [0.717, 1.165) is 37.3 Å². The van der Waals surface area contributed by atoms with E-state index in [1.807, 2.05) is 25.1 Å². The Labute approximate surface area is 114 Å². The van der Waals surface area contributed by atoms with E-state index in [-0.39, 0.29) is 6.61 Å². The summed E-state index contributed by atoms with van der Waals surface area (Å²) in [7, 11) is 0. The van der Waals surface area contributed by atoms with Crippen molar-refractivity contribution in [3.05, 3.63) is 35.6 Å². The van der Waals surface area contributed by atoms with Crippen molar-refractivity contribution in [3.8, 4) is 0 Å². The second-order valence-electron chi connectivity index (χ2n) is 5.05. The molecule has 104 valence electrons. The van der Waals surface area contributed by atoms with Gasteiger partial charge in [-0.25, -0.2) is 0 Å². The van der Waals surface area contributed by atoms with Crippen LogP contribution >= 0.6 is 0 Å². The van der Waals surface area contributed by atoms with Gasteiger partial charge in [0.05, 0.1) is 0 Å². The number of nitrogens with one attached hydrogen (secondary N) is 1. The molecule has 0 fully saturated rings. The Morgan fingerprint density at radius 1 is 1.32 bits per heavy atom. The fraction of sp³-hybridized carbons (Fsp3) is 0.500. The van der Waals surface area contributed by atoms with Crippen LogP contribution in [0, 0.1) is 12.8 Å². The summed E-state index contributed by atoms with van der Waals surface area (Å²) >= 11 is 0. The molecule has 0 aliphatic heterocycles. The molecule has 19 heavy (non-hydrogen) atoms. The number of aryl methyl sites for hydroxylation is 1. The van der Waals surface area contributed by atoms with E-state index in [9.17, 15) is 0 Å². The Bertz CT molecular complexity index is 518. The number of aliphatic hydroxyl groups excluding tert-OH is 1. The number of aliphatic hydroxyl groups is 1. The van der Waals surface area contributed by atoms with Crippen LogP contribution in [0.15, 0.2) is 28.7 Å². The SMILES string of the molecule is CCC(CCO)CNCc1c(C)oc2ccccc12. The molecular formula is C16H23NO2. The smallest absolute Gasteiger partial charge is 0.134 e. The van der Waals surface area contributed by atoms with Gasteiger partial charge in [-0.2, -0.15) is 0 Å². The van der Waals surface area contributed by atoms with E-state index < -0.39 is 0 Å². The molecule has 1 aromatic carbocycles. The van der Waals surface area contributed by atoms with Gasteiger partial charge in [-0.05, 0) is 31.9 Å². The van der Waals surface area contributed by atoms with Gasteiger partial charge >= 0.3 is 0 Å². The first-order valence-electron chi connectivity index (χ1n) is 7.04. The van der Waals surface area contributed by atoms with Crippen LogP contribution in [0.5, 0.6) is 0 Å². The first kappa shape index (κ1) is 14.1. The van der Waals surface area contributed by atoms with E-state index in [0.29, 0.717) is 5.92 Å². The first-order chi connectivity index (χ1) is 9.26. The van der Waals surface area contributed by atoms with Crippen LogP contribution in [-0.2, 0) is 6.54 Å². The summed E-state index contributed by atoms with van der Waals surface area (Å²) in [6.07, 6.45) is 1.97. The summed E-state index contributed by atoms with van der Waals surface area (Å²) in [5.41, 5.74) is 2.20. The van der Waals surface area contributed by atoms with E-state index >= 15 is 0 Å². The number of furan rings is 1. The van der Waals surface area contributed by atoms with Crippen molar-refractivity contribution < 1.29 is 9.52 Å². The van der Waals surface area contributed by atoms with Crippen LogP contribution in [0.4, 0.5) is 0 Å². The highest BCUT2D eigenvalue weighted by Gasteiger charge is 2.11. The van der Waals surface area contributed by atoms with E-state index in [1.54, 1.807) is 0 Å². The highest BCUT2D eigenvalue weighted by atomic mass is 16.3. The summed E-state index contributed by atoms with van der Waals surface area (Å²) in [6, 6.07) is 8.15. The molecule has 0 saturated heterocycles. The number of rotatable bonds is 7. The molecule has 1 aromatic heterocycles. The summed E-state index contributed by atoms with van der Waals surface area (Å²) in [5.74, 6) is 1.53. The molecule has 3 nitrogen and oxygen atoms in total. The van der Waals surface area contributed by atoms with Crippen LogP contribution in [0.1, 0.15) is 31.1 Å². The molecule has 1 atom stereocenters. The summed E-state index contributed by atoms with van der Waals surface area (Å²) < 4.78 is 5.75. The minimum atomic E-state index is 0.272. The zero-order valence-electron chi connectivity index (χ0n) is 11.8. The Hall–Kier alpha value is -1.32. The van der Waals surface area contributed by atoms with Gasteiger partial charge < -0.3 is 14.8 Å². The molecule has 2 aromatic rings. The van der Waals surface area contributed by atoms with Crippen LogP contribution < -0.4 is 5.32 Å². The van der Waals surface area contributed by atoms with Crippen molar-refractivity contribution in [1.82, 2.24) is 5.32 Å². The van der Waals surface area contributed by atoms with Gasteiger partial charge in [0.2, 0.25) is 0 Å². The molecule has 0 spiro atoms. The third-order valence-corrected chi connectivity index (χ3v) is 3.75. The molecule has 0 bridgehead atoms. The van der Waals surface area contributed by atoms with Gasteiger partial charge in [-0.1, -0.05) is 31.5 Å². The van der Waals surface area contributed by atoms with Gasteiger partial charge in [0, 0.05) is 24.1 Å². The highest BCUT2D eigenvalue weighted by Crippen LogP contribution is 2.25. The largest absolute Gasteiger partial charge is 0.461 e. The Morgan fingerprint density at radius 2 is 2.11 bits per heavy atom. The van der Waals surface area contributed by atoms with Crippen LogP contribution in [-0.4, -0.2) is 18.3 Å². The van der Waals surface area contributed by atoms with Crippen molar-refractivity contribution in [1.29, 1.82) is 0 Å². The lowest BCUT2D eigenvalue weighted by Crippen LogP contribution is -2.23. The summed E-state index contributed by atoms with van der Waals surface area (Å²) in [5, 5.41) is 13.7. The van der Waals surface area contributed by atoms with Crippen LogP contribution in [0.2, 0.25) is 0 Å². The lowest BCUT2D eigenvalue weighted by atomic mass is 10.0. The summed E-state index contributed by atoms with van der Waals surface area (Å²) in [6.45, 7) is 6.22. The number of fused-ring (bicyclic) bond motifs is 1. The fourth-order valence-electron chi connectivity index (χ4n) is 2.48. The predicted molar refractivity (Wildman–Crippen MR) is 78.1 cm³/mol. The molecule has 1 unspecified atom stereocenters. The van der Waals surface area contributed by atoms with Crippen molar-refractivity contribution in [2.75, 3.05) is 13.2 Å². The molecule has 0 aliphatic carbocycles. The maximum absolute atomic E-state index is 8.99. The third-order valence-electron chi connectivity index (χ3n) is 3.75.